The summed E-state index contributed by atoms with van der Waals surface area (Å²) in [5.41, 5.74) is 1.44. The van der Waals surface area contributed by atoms with Crippen molar-refractivity contribution in [3.63, 3.8) is 0 Å². The molecule has 0 saturated carbocycles. The third-order valence-electron chi connectivity index (χ3n) is 6.54. The molecule has 2 heterocycles. The van der Waals surface area contributed by atoms with E-state index in [0.29, 0.717) is 57.7 Å². The molecule has 1 aliphatic rings. The Bertz CT molecular complexity index is 1250. The first-order valence-electron chi connectivity index (χ1n) is 11.0. The SMILES string of the molecule is CNC1CCN(C(=O)c2ccc(Cl)c(Cc3nc4c(C)cc(C(F)(F)F)cc4n3C)c2Cl)CC1. The summed E-state index contributed by atoms with van der Waals surface area (Å²) < 4.78 is 41.5. The van der Waals surface area contributed by atoms with E-state index in [9.17, 15) is 18.0 Å². The summed E-state index contributed by atoms with van der Waals surface area (Å²) in [5, 5.41) is 3.85. The van der Waals surface area contributed by atoms with E-state index in [4.69, 9.17) is 23.2 Å². The van der Waals surface area contributed by atoms with Gasteiger partial charge in [-0.1, -0.05) is 23.2 Å². The van der Waals surface area contributed by atoms with Crippen LogP contribution in [0.25, 0.3) is 11.0 Å². The molecule has 5 nitrogen and oxygen atoms in total. The van der Waals surface area contributed by atoms with Gasteiger partial charge in [0.2, 0.25) is 0 Å². The maximum Gasteiger partial charge on any atom is 0.416 e. The van der Waals surface area contributed by atoms with Gasteiger partial charge in [0, 0.05) is 37.6 Å². The molecule has 0 unspecified atom stereocenters. The minimum atomic E-state index is -4.45. The molecular weight excluding hydrogens is 488 g/mol. The number of amides is 1. The Morgan fingerprint density at radius 3 is 2.50 bits per heavy atom. The number of piperidine rings is 1. The number of hydrogen-bond acceptors (Lipinski definition) is 3. The molecule has 34 heavy (non-hydrogen) atoms. The minimum Gasteiger partial charge on any atom is -0.338 e. The summed E-state index contributed by atoms with van der Waals surface area (Å²) in [6.45, 7) is 2.86. The second kappa shape index (κ2) is 9.40. The predicted octanol–water partition coefficient (Wildman–Crippen LogP) is 5.62. The summed E-state index contributed by atoms with van der Waals surface area (Å²) in [6, 6.07) is 5.83. The molecule has 0 aliphatic carbocycles. The molecule has 1 N–H and O–H groups in total. The lowest BCUT2D eigenvalue weighted by Crippen LogP contribution is -2.44. The van der Waals surface area contributed by atoms with E-state index < -0.39 is 11.7 Å². The lowest BCUT2D eigenvalue weighted by molar-refractivity contribution is -0.137. The van der Waals surface area contributed by atoms with Crippen LogP contribution in [0.1, 0.15) is 45.7 Å². The predicted molar refractivity (Wildman–Crippen MR) is 128 cm³/mol. The van der Waals surface area contributed by atoms with E-state index in [2.05, 4.69) is 10.3 Å². The number of benzene rings is 2. The summed E-state index contributed by atoms with van der Waals surface area (Å²) in [5.74, 6) is 0.341. The highest BCUT2D eigenvalue weighted by Gasteiger charge is 2.32. The van der Waals surface area contributed by atoms with Gasteiger partial charge in [0.1, 0.15) is 5.82 Å². The zero-order valence-electron chi connectivity index (χ0n) is 19.1. The van der Waals surface area contributed by atoms with Crippen LogP contribution < -0.4 is 5.32 Å². The van der Waals surface area contributed by atoms with E-state index in [-0.39, 0.29) is 17.4 Å². The van der Waals surface area contributed by atoms with E-state index in [1.807, 2.05) is 7.05 Å². The van der Waals surface area contributed by atoms with Crippen molar-refractivity contribution in [3.8, 4) is 0 Å². The quantitative estimate of drug-likeness (QED) is 0.493. The number of aryl methyl sites for hydroxylation is 2. The molecule has 1 aliphatic heterocycles. The van der Waals surface area contributed by atoms with Crippen molar-refractivity contribution in [1.29, 1.82) is 0 Å². The normalized spacial score (nSPS) is 15.4. The Kier molecular flexibility index (Phi) is 6.86. The van der Waals surface area contributed by atoms with Gasteiger partial charge < -0.3 is 14.8 Å². The number of likely N-dealkylation sites (tertiary alicyclic amines) is 1. The van der Waals surface area contributed by atoms with Crippen LogP contribution in [-0.4, -0.2) is 46.5 Å². The summed E-state index contributed by atoms with van der Waals surface area (Å²) in [7, 11) is 3.57. The summed E-state index contributed by atoms with van der Waals surface area (Å²) >= 11 is 13.1. The van der Waals surface area contributed by atoms with Gasteiger partial charge in [-0.2, -0.15) is 13.2 Å². The number of rotatable bonds is 4. The molecule has 0 radical (unpaired) electrons. The fourth-order valence-corrected chi connectivity index (χ4v) is 5.04. The van der Waals surface area contributed by atoms with Crippen molar-refractivity contribution in [2.45, 2.75) is 38.4 Å². The van der Waals surface area contributed by atoms with Gasteiger partial charge >= 0.3 is 6.18 Å². The van der Waals surface area contributed by atoms with Gasteiger partial charge in [-0.05, 0) is 62.2 Å². The van der Waals surface area contributed by atoms with Crippen molar-refractivity contribution < 1.29 is 18.0 Å². The van der Waals surface area contributed by atoms with E-state index >= 15 is 0 Å². The summed E-state index contributed by atoms with van der Waals surface area (Å²) in [6.07, 6.45) is -2.56. The number of halogens is 5. The number of nitrogens with one attached hydrogen (secondary N) is 1. The van der Waals surface area contributed by atoms with Gasteiger partial charge in [0.25, 0.3) is 5.91 Å². The highest BCUT2D eigenvalue weighted by molar-refractivity contribution is 6.38. The molecule has 1 saturated heterocycles. The van der Waals surface area contributed by atoms with Crippen molar-refractivity contribution in [1.82, 2.24) is 19.8 Å². The zero-order chi connectivity index (χ0) is 24.8. The number of nitrogens with zero attached hydrogens (tertiary/aromatic N) is 3. The Labute approximate surface area is 205 Å². The molecule has 0 bridgehead atoms. The Morgan fingerprint density at radius 2 is 1.88 bits per heavy atom. The number of hydrogen-bond donors (Lipinski definition) is 1. The van der Waals surface area contributed by atoms with Gasteiger partial charge in [0.05, 0.1) is 27.2 Å². The summed E-state index contributed by atoms with van der Waals surface area (Å²) in [4.78, 5) is 19.5. The first kappa shape index (κ1) is 24.8. The second-order valence-corrected chi connectivity index (χ2v) is 9.45. The van der Waals surface area contributed by atoms with Crippen molar-refractivity contribution in [3.05, 3.63) is 62.4 Å². The molecule has 0 atom stereocenters. The van der Waals surface area contributed by atoms with Crippen molar-refractivity contribution in [2.24, 2.45) is 7.05 Å². The van der Waals surface area contributed by atoms with Gasteiger partial charge in [-0.3, -0.25) is 4.79 Å². The van der Waals surface area contributed by atoms with Crippen LogP contribution in [0, 0.1) is 6.92 Å². The van der Waals surface area contributed by atoms with Crippen LogP contribution in [0.5, 0.6) is 0 Å². The topological polar surface area (TPSA) is 50.2 Å². The molecule has 3 aromatic rings. The van der Waals surface area contributed by atoms with E-state index in [1.54, 1.807) is 35.6 Å². The highest BCUT2D eigenvalue weighted by Crippen LogP contribution is 2.35. The molecule has 2 aromatic carbocycles. The van der Waals surface area contributed by atoms with E-state index in [0.717, 1.165) is 25.0 Å². The number of fused-ring (bicyclic) bond motifs is 1. The average molecular weight is 513 g/mol. The molecule has 1 amide bonds. The fourth-order valence-electron chi connectivity index (χ4n) is 4.45. The van der Waals surface area contributed by atoms with Gasteiger partial charge in [-0.15, -0.1) is 0 Å². The Morgan fingerprint density at radius 1 is 1.21 bits per heavy atom. The number of carbonyl (C=O) groups is 1. The zero-order valence-corrected chi connectivity index (χ0v) is 20.6. The molecule has 182 valence electrons. The molecule has 0 spiro atoms. The third-order valence-corrected chi connectivity index (χ3v) is 7.32. The average Bonchev–Trinajstić information content (AvgIpc) is 3.12. The molecule has 1 aromatic heterocycles. The maximum absolute atomic E-state index is 13.3. The largest absolute Gasteiger partial charge is 0.416 e. The fraction of sp³-hybridized carbons (Fsp3) is 0.417. The van der Waals surface area contributed by atoms with E-state index in [1.165, 1.54) is 0 Å². The van der Waals surface area contributed by atoms with Crippen molar-refractivity contribution >= 4 is 40.1 Å². The molecule has 1 fully saturated rings. The van der Waals surface area contributed by atoms with Gasteiger partial charge in [-0.25, -0.2) is 4.98 Å². The van der Waals surface area contributed by atoms with Crippen LogP contribution in [0.2, 0.25) is 10.0 Å². The molecule has 10 heteroatoms. The standard InChI is InChI=1S/C24H25Cl2F3N4O/c1-13-10-14(24(27,28)29)11-19-22(13)31-20(32(19)3)12-17-18(25)5-4-16(21(17)26)23(34)33-8-6-15(30-2)7-9-33/h4-5,10-11,15,30H,6-9,12H2,1-3H3. The van der Waals surface area contributed by atoms with Crippen molar-refractivity contribution in [2.75, 3.05) is 20.1 Å². The first-order chi connectivity index (χ1) is 16.0. The smallest absolute Gasteiger partial charge is 0.338 e. The number of imidazole rings is 1. The monoisotopic (exact) mass is 512 g/mol. The Hall–Kier alpha value is -2.29. The number of alkyl halides is 3. The highest BCUT2D eigenvalue weighted by atomic mass is 35.5. The third kappa shape index (κ3) is 4.63. The molecule has 4 rings (SSSR count). The molecular formula is C24H25Cl2F3N4O. The lowest BCUT2D eigenvalue weighted by atomic mass is 10.0. The van der Waals surface area contributed by atoms with Crippen LogP contribution in [0.15, 0.2) is 24.3 Å². The number of carbonyl (C=O) groups excluding carboxylic acids is 1. The van der Waals surface area contributed by atoms with Crippen LogP contribution in [0.3, 0.4) is 0 Å². The Balaban J connectivity index is 1.68. The minimum absolute atomic E-state index is 0.159. The van der Waals surface area contributed by atoms with Gasteiger partial charge in [0.15, 0.2) is 0 Å². The second-order valence-electron chi connectivity index (χ2n) is 8.67. The van der Waals surface area contributed by atoms with Crippen LogP contribution >= 0.6 is 23.2 Å². The lowest BCUT2D eigenvalue weighted by Gasteiger charge is -2.32. The number of aromatic nitrogens is 2. The van der Waals surface area contributed by atoms with Crippen LogP contribution in [-0.2, 0) is 19.6 Å². The maximum atomic E-state index is 13.3. The first-order valence-corrected chi connectivity index (χ1v) is 11.7. The van der Waals surface area contributed by atoms with Crippen LogP contribution in [0.4, 0.5) is 13.2 Å².